The van der Waals surface area contributed by atoms with Crippen molar-refractivity contribution in [1.29, 1.82) is 0 Å². The maximum atomic E-state index is 13.2. The lowest BCUT2D eigenvalue weighted by Gasteiger charge is -2.27. The van der Waals surface area contributed by atoms with E-state index in [9.17, 15) is 14.7 Å². The van der Waals surface area contributed by atoms with Crippen molar-refractivity contribution in [2.24, 2.45) is 0 Å². The molecule has 0 radical (unpaired) electrons. The summed E-state index contributed by atoms with van der Waals surface area (Å²) in [4.78, 5) is 31.9. The SMILES string of the molecule is COc1cccc(C2/C(=C(/O)c3ccc(Cl)cc3)C(=O)C(=O)N2Cc2cccnc2)c1OC. The van der Waals surface area contributed by atoms with Gasteiger partial charge in [-0.25, -0.2) is 0 Å². The first-order valence-electron chi connectivity index (χ1n) is 10.1. The summed E-state index contributed by atoms with van der Waals surface area (Å²) >= 11 is 5.98. The molecule has 1 aliphatic rings. The third-order valence-corrected chi connectivity index (χ3v) is 5.71. The number of likely N-dealkylation sites (tertiary alicyclic amines) is 1. The number of amides is 1. The number of aliphatic hydroxyl groups excluding tert-OH is 1. The molecule has 1 N–H and O–H groups in total. The fourth-order valence-corrected chi connectivity index (χ4v) is 4.07. The van der Waals surface area contributed by atoms with Crippen molar-refractivity contribution in [3.63, 3.8) is 0 Å². The van der Waals surface area contributed by atoms with Gasteiger partial charge in [0.25, 0.3) is 11.7 Å². The average molecular weight is 465 g/mol. The van der Waals surface area contributed by atoms with E-state index in [1.165, 1.54) is 19.1 Å². The van der Waals surface area contributed by atoms with Gasteiger partial charge < -0.3 is 19.5 Å². The van der Waals surface area contributed by atoms with Crippen LogP contribution in [0, 0.1) is 0 Å². The van der Waals surface area contributed by atoms with Crippen LogP contribution in [0.4, 0.5) is 0 Å². The second-order valence-corrected chi connectivity index (χ2v) is 7.81. The first-order chi connectivity index (χ1) is 16.0. The molecule has 1 aliphatic heterocycles. The summed E-state index contributed by atoms with van der Waals surface area (Å²) in [6, 6.07) is 14.2. The lowest BCUT2D eigenvalue weighted by Crippen LogP contribution is -2.29. The largest absolute Gasteiger partial charge is 0.507 e. The van der Waals surface area contributed by atoms with E-state index >= 15 is 0 Å². The average Bonchev–Trinajstić information content (AvgIpc) is 3.08. The predicted molar refractivity (Wildman–Crippen MR) is 123 cm³/mol. The third-order valence-electron chi connectivity index (χ3n) is 5.46. The van der Waals surface area contributed by atoms with Crippen molar-refractivity contribution in [2.75, 3.05) is 14.2 Å². The summed E-state index contributed by atoms with van der Waals surface area (Å²) in [7, 11) is 2.98. The minimum Gasteiger partial charge on any atom is -0.507 e. The molecule has 1 fully saturated rings. The summed E-state index contributed by atoms with van der Waals surface area (Å²) in [5.41, 5.74) is 1.57. The number of carbonyl (C=O) groups is 2. The highest BCUT2D eigenvalue weighted by Gasteiger charge is 2.47. The van der Waals surface area contributed by atoms with Crippen molar-refractivity contribution in [2.45, 2.75) is 12.6 Å². The van der Waals surface area contributed by atoms with Crippen molar-refractivity contribution in [3.05, 3.63) is 94.3 Å². The van der Waals surface area contributed by atoms with Crippen LogP contribution in [0.1, 0.15) is 22.7 Å². The summed E-state index contributed by atoms with van der Waals surface area (Å²) in [6.07, 6.45) is 3.25. The molecular formula is C25H21ClN2O5. The molecule has 0 aliphatic carbocycles. The zero-order valence-corrected chi connectivity index (χ0v) is 18.7. The Morgan fingerprint density at radius 2 is 1.82 bits per heavy atom. The van der Waals surface area contributed by atoms with E-state index in [0.29, 0.717) is 27.6 Å². The van der Waals surface area contributed by atoms with Gasteiger partial charge in [0.2, 0.25) is 0 Å². The summed E-state index contributed by atoms with van der Waals surface area (Å²) < 4.78 is 11.0. The molecule has 1 atom stereocenters. The molecule has 8 heteroatoms. The van der Waals surface area contributed by atoms with E-state index in [4.69, 9.17) is 21.1 Å². The normalized spacial score (nSPS) is 17.3. The van der Waals surface area contributed by atoms with Crippen molar-refractivity contribution >= 4 is 29.1 Å². The Hall–Kier alpha value is -3.84. The zero-order valence-electron chi connectivity index (χ0n) is 18.0. The zero-order chi connectivity index (χ0) is 23.5. The second-order valence-electron chi connectivity index (χ2n) is 7.38. The number of benzene rings is 2. The smallest absolute Gasteiger partial charge is 0.295 e. The molecule has 0 bridgehead atoms. The number of para-hydroxylation sites is 1. The number of hydrogen-bond donors (Lipinski definition) is 1. The Morgan fingerprint density at radius 1 is 1.06 bits per heavy atom. The maximum Gasteiger partial charge on any atom is 0.295 e. The topological polar surface area (TPSA) is 89.0 Å². The van der Waals surface area contributed by atoms with Crippen LogP contribution in [0.25, 0.3) is 5.76 Å². The van der Waals surface area contributed by atoms with E-state index in [0.717, 1.165) is 5.56 Å². The molecule has 2 aromatic carbocycles. The molecular weight excluding hydrogens is 444 g/mol. The number of methoxy groups -OCH3 is 2. The molecule has 3 aromatic rings. The van der Waals surface area contributed by atoms with Crippen LogP contribution in [0.5, 0.6) is 11.5 Å². The van der Waals surface area contributed by atoms with E-state index in [1.807, 2.05) is 6.07 Å². The molecule has 1 aromatic heterocycles. The first kappa shape index (κ1) is 22.4. The monoisotopic (exact) mass is 464 g/mol. The number of ketones is 1. The van der Waals surface area contributed by atoms with Crippen LogP contribution in [-0.4, -0.2) is 40.9 Å². The minimum absolute atomic E-state index is 0.0437. The number of pyridine rings is 1. The Bertz CT molecular complexity index is 1230. The quantitative estimate of drug-likeness (QED) is 0.331. The highest BCUT2D eigenvalue weighted by atomic mass is 35.5. The summed E-state index contributed by atoms with van der Waals surface area (Å²) in [5, 5.41) is 11.6. The Labute approximate surface area is 195 Å². The molecule has 0 saturated carbocycles. The van der Waals surface area contributed by atoms with Gasteiger partial charge in [-0.1, -0.05) is 29.8 Å². The predicted octanol–water partition coefficient (Wildman–Crippen LogP) is 4.37. The molecule has 168 valence electrons. The lowest BCUT2D eigenvalue weighted by atomic mass is 9.94. The summed E-state index contributed by atoms with van der Waals surface area (Å²) in [5.74, 6) is -1.02. The van der Waals surface area contributed by atoms with Crippen LogP contribution < -0.4 is 9.47 Å². The van der Waals surface area contributed by atoms with Crippen molar-refractivity contribution in [1.82, 2.24) is 9.88 Å². The van der Waals surface area contributed by atoms with Gasteiger partial charge in [0.05, 0.1) is 25.8 Å². The molecule has 33 heavy (non-hydrogen) atoms. The Kier molecular flexibility index (Phi) is 6.33. The Balaban J connectivity index is 1.94. The van der Waals surface area contributed by atoms with Crippen molar-refractivity contribution in [3.8, 4) is 11.5 Å². The van der Waals surface area contributed by atoms with Crippen LogP contribution in [0.2, 0.25) is 5.02 Å². The number of rotatable bonds is 6. The van der Waals surface area contributed by atoms with Crippen LogP contribution in [0.15, 0.2) is 72.6 Å². The molecule has 4 rings (SSSR count). The van der Waals surface area contributed by atoms with Gasteiger partial charge in [0, 0.05) is 35.1 Å². The highest BCUT2D eigenvalue weighted by molar-refractivity contribution is 6.46. The Morgan fingerprint density at radius 3 is 2.45 bits per heavy atom. The first-order valence-corrected chi connectivity index (χ1v) is 10.5. The number of hydrogen-bond acceptors (Lipinski definition) is 6. The van der Waals surface area contributed by atoms with Gasteiger partial charge in [-0.05, 0) is 42.0 Å². The van der Waals surface area contributed by atoms with Crippen LogP contribution in [0.3, 0.4) is 0 Å². The number of aliphatic hydroxyl groups is 1. The van der Waals surface area contributed by atoms with E-state index in [-0.39, 0.29) is 17.9 Å². The molecule has 1 saturated heterocycles. The van der Waals surface area contributed by atoms with Gasteiger partial charge in [-0.3, -0.25) is 14.6 Å². The highest BCUT2D eigenvalue weighted by Crippen LogP contribution is 2.46. The van der Waals surface area contributed by atoms with E-state index < -0.39 is 17.7 Å². The molecule has 7 nitrogen and oxygen atoms in total. The molecule has 1 unspecified atom stereocenters. The summed E-state index contributed by atoms with van der Waals surface area (Å²) in [6.45, 7) is 0.112. The third kappa shape index (κ3) is 4.15. The van der Waals surface area contributed by atoms with Crippen LogP contribution >= 0.6 is 11.6 Å². The van der Waals surface area contributed by atoms with Gasteiger partial charge in [0.1, 0.15) is 5.76 Å². The van der Waals surface area contributed by atoms with Crippen molar-refractivity contribution < 1.29 is 24.2 Å². The number of aromatic nitrogens is 1. The van der Waals surface area contributed by atoms with Gasteiger partial charge in [0.15, 0.2) is 11.5 Å². The number of ether oxygens (including phenoxy) is 2. The molecule has 1 amide bonds. The lowest BCUT2D eigenvalue weighted by molar-refractivity contribution is -0.140. The fraction of sp³-hybridized carbons (Fsp3) is 0.160. The maximum absolute atomic E-state index is 13.2. The van der Waals surface area contributed by atoms with E-state index in [1.54, 1.807) is 60.9 Å². The standard InChI is InChI=1S/C25H21ClN2O5/c1-32-19-7-3-6-18(24(19)33-2)21-20(22(29)16-8-10-17(26)11-9-16)23(30)25(31)28(21)14-15-5-4-12-27-13-15/h3-13,21,29H,14H2,1-2H3/b22-20-. The van der Waals surface area contributed by atoms with Gasteiger partial charge in [-0.15, -0.1) is 0 Å². The van der Waals surface area contributed by atoms with Gasteiger partial charge >= 0.3 is 0 Å². The molecule has 0 spiro atoms. The second kappa shape index (κ2) is 9.34. The minimum atomic E-state index is -0.911. The van der Waals surface area contributed by atoms with E-state index in [2.05, 4.69) is 4.98 Å². The molecule has 2 heterocycles. The number of nitrogens with zero attached hydrogens (tertiary/aromatic N) is 2. The van der Waals surface area contributed by atoms with Gasteiger partial charge in [-0.2, -0.15) is 0 Å². The van der Waals surface area contributed by atoms with Crippen LogP contribution in [-0.2, 0) is 16.1 Å². The number of halogens is 1. The number of carbonyl (C=O) groups excluding carboxylic acids is 2. The fourth-order valence-electron chi connectivity index (χ4n) is 3.95. The number of Topliss-reactive ketones (excluding diaryl/α,β-unsaturated/α-hetero) is 1.